The Balaban J connectivity index is 2.26. The van der Waals surface area contributed by atoms with Crippen LogP contribution in [0.5, 0.6) is 0 Å². The number of carboxylic acid groups (broad SMARTS) is 1. The summed E-state index contributed by atoms with van der Waals surface area (Å²) in [6, 6.07) is 4.40. The lowest BCUT2D eigenvalue weighted by Gasteiger charge is -2.15. The standard InChI is InChI=1S/C11H11Cl2NO2/c12-6-1-4-8(9(13)5-6)10(11(15)16)14-7-2-3-7/h1,4-5,7,10,14H,2-3H2,(H,15,16). The fraction of sp³-hybridized carbons (Fsp3) is 0.364. The van der Waals surface area contributed by atoms with Gasteiger partial charge in [-0.1, -0.05) is 29.3 Å². The first-order chi connectivity index (χ1) is 7.58. The molecule has 1 saturated carbocycles. The van der Waals surface area contributed by atoms with Crippen LogP contribution in [0.4, 0.5) is 0 Å². The lowest BCUT2D eigenvalue weighted by atomic mass is 10.1. The zero-order chi connectivity index (χ0) is 11.7. The summed E-state index contributed by atoms with van der Waals surface area (Å²) < 4.78 is 0. The molecule has 0 radical (unpaired) electrons. The van der Waals surface area contributed by atoms with Crippen LogP contribution < -0.4 is 5.32 Å². The second kappa shape index (κ2) is 4.62. The molecule has 0 amide bonds. The van der Waals surface area contributed by atoms with Crippen molar-refractivity contribution in [3.63, 3.8) is 0 Å². The summed E-state index contributed by atoms with van der Waals surface area (Å²) in [6.45, 7) is 0. The van der Waals surface area contributed by atoms with E-state index in [9.17, 15) is 4.79 Å². The fourth-order valence-corrected chi connectivity index (χ4v) is 2.03. The van der Waals surface area contributed by atoms with Gasteiger partial charge in [0, 0.05) is 16.1 Å². The molecule has 86 valence electrons. The van der Waals surface area contributed by atoms with Crippen LogP contribution in [0.1, 0.15) is 24.4 Å². The van der Waals surface area contributed by atoms with E-state index in [4.69, 9.17) is 28.3 Å². The van der Waals surface area contributed by atoms with Crippen LogP contribution in [-0.2, 0) is 4.79 Å². The Morgan fingerprint density at radius 3 is 2.62 bits per heavy atom. The van der Waals surface area contributed by atoms with E-state index in [-0.39, 0.29) is 0 Å². The topological polar surface area (TPSA) is 49.3 Å². The molecule has 2 N–H and O–H groups in total. The van der Waals surface area contributed by atoms with E-state index in [1.807, 2.05) is 0 Å². The van der Waals surface area contributed by atoms with Gasteiger partial charge < -0.3 is 5.11 Å². The van der Waals surface area contributed by atoms with Crippen LogP contribution in [0.3, 0.4) is 0 Å². The maximum Gasteiger partial charge on any atom is 0.325 e. The number of hydrogen-bond acceptors (Lipinski definition) is 2. The van der Waals surface area contributed by atoms with Crippen LogP contribution in [0, 0.1) is 0 Å². The summed E-state index contributed by atoms with van der Waals surface area (Å²) in [6.07, 6.45) is 2.05. The Kier molecular flexibility index (Phi) is 3.38. The third-order valence-corrected chi connectivity index (χ3v) is 3.06. The van der Waals surface area contributed by atoms with Gasteiger partial charge >= 0.3 is 5.97 Å². The average Bonchev–Trinajstić information content (AvgIpc) is 2.98. The van der Waals surface area contributed by atoms with Gasteiger partial charge in [-0.15, -0.1) is 0 Å². The van der Waals surface area contributed by atoms with Crippen molar-refractivity contribution in [3.8, 4) is 0 Å². The number of carboxylic acids is 1. The molecule has 0 saturated heterocycles. The molecule has 0 aromatic heterocycles. The minimum Gasteiger partial charge on any atom is -0.480 e. The third kappa shape index (κ3) is 2.67. The van der Waals surface area contributed by atoms with Crippen LogP contribution in [0.2, 0.25) is 10.0 Å². The molecule has 1 aliphatic carbocycles. The highest BCUT2D eigenvalue weighted by Crippen LogP contribution is 2.29. The number of benzene rings is 1. The van der Waals surface area contributed by atoms with E-state index in [1.54, 1.807) is 18.2 Å². The van der Waals surface area contributed by atoms with Crippen LogP contribution in [0.15, 0.2) is 18.2 Å². The monoisotopic (exact) mass is 259 g/mol. The zero-order valence-electron chi connectivity index (χ0n) is 8.41. The van der Waals surface area contributed by atoms with Crippen molar-refractivity contribution in [1.82, 2.24) is 5.32 Å². The molecule has 1 aromatic rings. The van der Waals surface area contributed by atoms with Gasteiger partial charge in [-0.05, 0) is 30.5 Å². The summed E-state index contributed by atoms with van der Waals surface area (Å²) in [4.78, 5) is 11.1. The van der Waals surface area contributed by atoms with E-state index < -0.39 is 12.0 Å². The molecule has 1 unspecified atom stereocenters. The van der Waals surface area contributed by atoms with Gasteiger partial charge in [-0.3, -0.25) is 10.1 Å². The highest BCUT2D eigenvalue weighted by atomic mass is 35.5. The van der Waals surface area contributed by atoms with E-state index in [2.05, 4.69) is 5.32 Å². The summed E-state index contributed by atoms with van der Waals surface area (Å²) in [5.74, 6) is -0.920. The lowest BCUT2D eigenvalue weighted by molar-refractivity contribution is -0.139. The van der Waals surface area contributed by atoms with Gasteiger partial charge in [0.15, 0.2) is 0 Å². The van der Waals surface area contributed by atoms with Gasteiger partial charge in [-0.25, -0.2) is 0 Å². The Labute approximate surface area is 103 Å². The van der Waals surface area contributed by atoms with Crippen molar-refractivity contribution >= 4 is 29.2 Å². The van der Waals surface area contributed by atoms with Crippen molar-refractivity contribution in [2.24, 2.45) is 0 Å². The Bertz CT molecular complexity index is 418. The van der Waals surface area contributed by atoms with Gasteiger partial charge in [0.1, 0.15) is 6.04 Å². The van der Waals surface area contributed by atoms with Gasteiger partial charge in [0.25, 0.3) is 0 Å². The molecular weight excluding hydrogens is 249 g/mol. The first kappa shape index (κ1) is 11.7. The predicted octanol–water partition coefficient (Wildman–Crippen LogP) is 2.87. The van der Waals surface area contributed by atoms with Crippen molar-refractivity contribution in [3.05, 3.63) is 33.8 Å². The molecule has 16 heavy (non-hydrogen) atoms. The number of rotatable bonds is 4. The number of nitrogens with one attached hydrogen (secondary N) is 1. The van der Waals surface area contributed by atoms with E-state index in [1.165, 1.54) is 0 Å². The maximum atomic E-state index is 11.1. The Morgan fingerprint density at radius 1 is 1.44 bits per heavy atom. The third-order valence-electron chi connectivity index (χ3n) is 2.50. The smallest absolute Gasteiger partial charge is 0.325 e. The van der Waals surface area contributed by atoms with Crippen LogP contribution >= 0.6 is 23.2 Å². The zero-order valence-corrected chi connectivity index (χ0v) is 9.92. The summed E-state index contributed by atoms with van der Waals surface area (Å²) in [5.41, 5.74) is 0.561. The second-order valence-corrected chi connectivity index (χ2v) is 4.72. The van der Waals surface area contributed by atoms with Crippen LogP contribution in [-0.4, -0.2) is 17.1 Å². The normalized spacial score (nSPS) is 17.1. The summed E-state index contributed by atoms with van der Waals surface area (Å²) in [5, 5.41) is 13.1. The highest BCUT2D eigenvalue weighted by Gasteiger charge is 2.30. The Morgan fingerprint density at radius 2 is 2.12 bits per heavy atom. The summed E-state index contributed by atoms with van der Waals surface area (Å²) >= 11 is 11.8. The molecule has 3 nitrogen and oxygen atoms in total. The fourth-order valence-electron chi connectivity index (χ4n) is 1.52. The molecular formula is C11H11Cl2NO2. The highest BCUT2D eigenvalue weighted by molar-refractivity contribution is 6.35. The first-order valence-electron chi connectivity index (χ1n) is 5.01. The molecule has 0 heterocycles. The van der Waals surface area contributed by atoms with Crippen LogP contribution in [0.25, 0.3) is 0 Å². The lowest BCUT2D eigenvalue weighted by Crippen LogP contribution is -2.30. The predicted molar refractivity (Wildman–Crippen MR) is 63.0 cm³/mol. The molecule has 5 heteroatoms. The van der Waals surface area contributed by atoms with Crippen molar-refractivity contribution < 1.29 is 9.90 Å². The molecule has 1 aromatic carbocycles. The van der Waals surface area contributed by atoms with Gasteiger partial charge in [-0.2, -0.15) is 0 Å². The van der Waals surface area contributed by atoms with Gasteiger partial charge in [0.2, 0.25) is 0 Å². The number of halogens is 2. The number of carbonyl (C=O) groups is 1. The molecule has 1 fully saturated rings. The minimum absolute atomic E-state index is 0.299. The van der Waals surface area contributed by atoms with Gasteiger partial charge in [0.05, 0.1) is 0 Å². The molecule has 2 rings (SSSR count). The van der Waals surface area contributed by atoms with E-state index in [0.29, 0.717) is 21.7 Å². The molecule has 0 aliphatic heterocycles. The molecule has 1 atom stereocenters. The molecule has 0 spiro atoms. The maximum absolute atomic E-state index is 11.1. The largest absolute Gasteiger partial charge is 0.480 e. The average molecular weight is 260 g/mol. The SMILES string of the molecule is O=C(O)C(NC1CC1)c1ccc(Cl)cc1Cl. The van der Waals surface area contributed by atoms with E-state index in [0.717, 1.165) is 12.8 Å². The quantitative estimate of drug-likeness (QED) is 0.875. The second-order valence-electron chi connectivity index (χ2n) is 3.88. The first-order valence-corrected chi connectivity index (χ1v) is 5.77. The number of hydrogen-bond donors (Lipinski definition) is 2. The van der Waals surface area contributed by atoms with Crippen molar-refractivity contribution in [1.29, 1.82) is 0 Å². The Hall–Kier alpha value is -0.770. The molecule has 1 aliphatic rings. The molecule has 0 bridgehead atoms. The van der Waals surface area contributed by atoms with Crippen molar-refractivity contribution in [2.75, 3.05) is 0 Å². The van der Waals surface area contributed by atoms with Crippen molar-refractivity contribution in [2.45, 2.75) is 24.9 Å². The van der Waals surface area contributed by atoms with E-state index >= 15 is 0 Å². The number of aliphatic carboxylic acids is 1. The minimum atomic E-state index is -0.920. The summed E-state index contributed by atoms with van der Waals surface area (Å²) in [7, 11) is 0.